The predicted octanol–water partition coefficient (Wildman–Crippen LogP) is 3.74. The minimum Gasteiger partial charge on any atom is -0.374 e. The zero-order valence-electron chi connectivity index (χ0n) is 12.5. The number of amides is 1. The molecule has 0 aliphatic heterocycles. The van der Waals surface area contributed by atoms with Crippen molar-refractivity contribution in [3.63, 3.8) is 0 Å². The molecule has 0 saturated heterocycles. The lowest BCUT2D eigenvalue weighted by atomic mass is 10.2. The molecule has 2 rings (SSSR count). The van der Waals surface area contributed by atoms with Gasteiger partial charge in [0.05, 0.1) is 15.5 Å². The van der Waals surface area contributed by atoms with Crippen LogP contribution in [0.1, 0.15) is 26.2 Å². The van der Waals surface area contributed by atoms with E-state index in [2.05, 4.69) is 5.32 Å². The van der Waals surface area contributed by atoms with Crippen molar-refractivity contribution in [2.75, 3.05) is 13.7 Å². The topological polar surface area (TPSA) is 81.5 Å². The molecule has 0 spiro atoms. The molecule has 1 unspecified atom stereocenters. The standard InChI is InChI=1S/C15H15ClN2O4S/c1-9-3-6-14(23-9)13(22-2)8-17-15(19)11-5-4-10(18(20)21)7-12(11)16/h3-7,13H,8H2,1-2H3,(H,17,19). The molecule has 0 bridgehead atoms. The van der Waals surface area contributed by atoms with E-state index in [1.165, 1.54) is 12.1 Å². The highest BCUT2D eigenvalue weighted by Gasteiger charge is 2.18. The molecule has 1 N–H and O–H groups in total. The highest BCUT2D eigenvalue weighted by Crippen LogP contribution is 2.25. The molecular formula is C15H15ClN2O4S. The number of rotatable bonds is 6. The fourth-order valence-corrected chi connectivity index (χ4v) is 3.22. The molecular weight excluding hydrogens is 340 g/mol. The van der Waals surface area contributed by atoms with Crippen molar-refractivity contribution in [3.8, 4) is 0 Å². The summed E-state index contributed by atoms with van der Waals surface area (Å²) in [6.45, 7) is 2.28. The number of nitro benzene ring substituents is 1. The van der Waals surface area contributed by atoms with Crippen LogP contribution in [0.25, 0.3) is 0 Å². The number of nitro groups is 1. The fourth-order valence-electron chi connectivity index (χ4n) is 2.01. The molecule has 0 radical (unpaired) electrons. The van der Waals surface area contributed by atoms with Crippen LogP contribution in [0.4, 0.5) is 5.69 Å². The van der Waals surface area contributed by atoms with E-state index >= 15 is 0 Å². The van der Waals surface area contributed by atoms with Gasteiger partial charge >= 0.3 is 0 Å². The van der Waals surface area contributed by atoms with E-state index < -0.39 is 10.8 Å². The van der Waals surface area contributed by atoms with Crippen molar-refractivity contribution in [1.82, 2.24) is 5.32 Å². The third kappa shape index (κ3) is 4.28. The summed E-state index contributed by atoms with van der Waals surface area (Å²) < 4.78 is 5.39. The molecule has 1 heterocycles. The maximum atomic E-state index is 12.2. The first-order chi connectivity index (χ1) is 10.9. The number of carbonyl (C=O) groups excluding carboxylic acids is 1. The third-order valence-electron chi connectivity index (χ3n) is 3.22. The van der Waals surface area contributed by atoms with Gasteiger partial charge in [-0.15, -0.1) is 11.3 Å². The molecule has 1 aromatic carbocycles. The molecule has 6 nitrogen and oxygen atoms in total. The number of nitrogens with zero attached hydrogens (tertiary/aromatic N) is 1. The van der Waals surface area contributed by atoms with Crippen LogP contribution in [0, 0.1) is 17.0 Å². The van der Waals surface area contributed by atoms with Gasteiger partial charge in [-0.05, 0) is 25.1 Å². The molecule has 122 valence electrons. The maximum Gasteiger partial charge on any atom is 0.270 e. The Morgan fingerprint density at radius 2 is 2.17 bits per heavy atom. The van der Waals surface area contributed by atoms with Gasteiger partial charge in [0.15, 0.2) is 0 Å². The second-order valence-electron chi connectivity index (χ2n) is 4.80. The number of hydrogen-bond acceptors (Lipinski definition) is 5. The van der Waals surface area contributed by atoms with Crippen LogP contribution in [-0.2, 0) is 4.74 Å². The molecule has 0 aliphatic rings. The second-order valence-corrected chi connectivity index (χ2v) is 6.53. The Morgan fingerprint density at radius 1 is 1.43 bits per heavy atom. The molecule has 2 aromatic rings. The van der Waals surface area contributed by atoms with E-state index in [0.717, 1.165) is 15.8 Å². The van der Waals surface area contributed by atoms with Crippen molar-refractivity contribution in [3.05, 3.63) is 60.8 Å². The number of aryl methyl sites for hydroxylation is 1. The van der Waals surface area contributed by atoms with Crippen molar-refractivity contribution < 1.29 is 14.5 Å². The molecule has 8 heteroatoms. The van der Waals surface area contributed by atoms with Crippen molar-refractivity contribution in [2.24, 2.45) is 0 Å². The van der Waals surface area contributed by atoms with Crippen molar-refractivity contribution in [2.45, 2.75) is 13.0 Å². The number of benzene rings is 1. The van der Waals surface area contributed by atoms with Crippen LogP contribution in [0.15, 0.2) is 30.3 Å². The Bertz CT molecular complexity index is 732. The molecule has 1 aromatic heterocycles. The normalized spacial score (nSPS) is 12.0. The number of carbonyl (C=O) groups is 1. The van der Waals surface area contributed by atoms with E-state index in [-0.39, 0.29) is 28.9 Å². The van der Waals surface area contributed by atoms with Crippen molar-refractivity contribution >= 4 is 34.5 Å². The van der Waals surface area contributed by atoms with Gasteiger partial charge in [-0.1, -0.05) is 11.6 Å². The van der Waals surface area contributed by atoms with E-state index in [1.54, 1.807) is 18.4 Å². The summed E-state index contributed by atoms with van der Waals surface area (Å²) in [7, 11) is 1.57. The summed E-state index contributed by atoms with van der Waals surface area (Å²) in [4.78, 5) is 24.5. The lowest BCUT2D eigenvalue weighted by molar-refractivity contribution is -0.384. The maximum absolute atomic E-state index is 12.2. The molecule has 0 aliphatic carbocycles. The minimum absolute atomic E-state index is 0.0395. The molecule has 0 saturated carbocycles. The van der Waals surface area contributed by atoms with Gasteiger partial charge in [-0.3, -0.25) is 14.9 Å². The number of methoxy groups -OCH3 is 1. The lowest BCUT2D eigenvalue weighted by Crippen LogP contribution is -2.29. The van der Waals surface area contributed by atoms with Gasteiger partial charge < -0.3 is 10.1 Å². The van der Waals surface area contributed by atoms with Crippen LogP contribution >= 0.6 is 22.9 Å². The van der Waals surface area contributed by atoms with Gasteiger partial charge in [0.2, 0.25) is 0 Å². The van der Waals surface area contributed by atoms with E-state index in [1.807, 2.05) is 19.1 Å². The number of hydrogen-bond donors (Lipinski definition) is 1. The van der Waals surface area contributed by atoms with Crippen LogP contribution in [0.5, 0.6) is 0 Å². The number of ether oxygens (including phenoxy) is 1. The Balaban J connectivity index is 2.05. The fraction of sp³-hybridized carbons (Fsp3) is 0.267. The minimum atomic E-state index is -0.562. The summed E-state index contributed by atoms with van der Waals surface area (Å²) in [5, 5.41) is 13.5. The van der Waals surface area contributed by atoms with Gasteiger partial charge in [0.25, 0.3) is 11.6 Å². The summed E-state index contributed by atoms with van der Waals surface area (Å²) in [5.41, 5.74) is 0.0323. The van der Waals surface area contributed by atoms with Crippen LogP contribution in [-0.4, -0.2) is 24.5 Å². The average Bonchev–Trinajstić information content (AvgIpc) is 2.93. The lowest BCUT2D eigenvalue weighted by Gasteiger charge is -2.15. The van der Waals surface area contributed by atoms with Crippen molar-refractivity contribution in [1.29, 1.82) is 0 Å². The molecule has 23 heavy (non-hydrogen) atoms. The monoisotopic (exact) mass is 354 g/mol. The Morgan fingerprint density at radius 3 is 2.70 bits per heavy atom. The summed E-state index contributed by atoms with van der Waals surface area (Å²) in [5.74, 6) is -0.403. The zero-order chi connectivity index (χ0) is 17.0. The summed E-state index contributed by atoms with van der Waals surface area (Å²) in [6, 6.07) is 7.69. The Labute approximate surface area is 142 Å². The second kappa shape index (κ2) is 7.54. The van der Waals surface area contributed by atoms with Gasteiger partial charge in [0, 0.05) is 35.5 Å². The smallest absolute Gasteiger partial charge is 0.270 e. The zero-order valence-corrected chi connectivity index (χ0v) is 14.1. The highest BCUT2D eigenvalue weighted by atomic mass is 35.5. The Hall–Kier alpha value is -1.96. The van der Waals surface area contributed by atoms with Gasteiger partial charge in [-0.2, -0.15) is 0 Å². The quantitative estimate of drug-likeness (QED) is 0.633. The van der Waals surface area contributed by atoms with Crippen LogP contribution in [0.2, 0.25) is 5.02 Å². The number of halogens is 1. The molecule has 0 fully saturated rings. The van der Waals surface area contributed by atoms with Gasteiger partial charge in [0.1, 0.15) is 6.10 Å². The van der Waals surface area contributed by atoms with Crippen LogP contribution < -0.4 is 5.32 Å². The predicted molar refractivity (Wildman–Crippen MR) is 89.2 cm³/mol. The summed E-state index contributed by atoms with van der Waals surface area (Å²) in [6.07, 6.45) is -0.255. The number of thiophene rings is 1. The molecule has 1 atom stereocenters. The first-order valence-electron chi connectivity index (χ1n) is 6.73. The first kappa shape index (κ1) is 17.4. The van der Waals surface area contributed by atoms with Gasteiger partial charge in [-0.25, -0.2) is 0 Å². The highest BCUT2D eigenvalue weighted by molar-refractivity contribution is 7.12. The summed E-state index contributed by atoms with van der Waals surface area (Å²) >= 11 is 7.54. The largest absolute Gasteiger partial charge is 0.374 e. The Kier molecular flexibility index (Phi) is 5.70. The van der Waals surface area contributed by atoms with E-state index in [4.69, 9.17) is 16.3 Å². The number of nitrogens with one attached hydrogen (secondary N) is 1. The third-order valence-corrected chi connectivity index (χ3v) is 4.62. The van der Waals surface area contributed by atoms with Crippen LogP contribution in [0.3, 0.4) is 0 Å². The SMILES string of the molecule is COC(CNC(=O)c1ccc([N+](=O)[O-])cc1Cl)c1ccc(C)s1. The van der Waals surface area contributed by atoms with E-state index in [9.17, 15) is 14.9 Å². The first-order valence-corrected chi connectivity index (χ1v) is 7.93. The molecule has 1 amide bonds. The van der Waals surface area contributed by atoms with E-state index in [0.29, 0.717) is 0 Å². The average molecular weight is 355 g/mol. The number of non-ortho nitro benzene ring substituents is 1.